The van der Waals surface area contributed by atoms with Gasteiger partial charge in [-0.1, -0.05) is 73.5 Å². The molecule has 256 valence electrons. The fraction of sp³-hybridized carbons (Fsp3) is 0.171. The van der Waals surface area contributed by atoms with Crippen LogP contribution < -0.4 is 4.90 Å². The molecule has 2 aliphatic carbocycles. The first-order valence-electron chi connectivity index (χ1n) is 15.7. The summed E-state index contributed by atoms with van der Waals surface area (Å²) in [6.07, 6.45) is -5.29. The van der Waals surface area contributed by atoms with Gasteiger partial charge in [0.15, 0.2) is 35.7 Å². The molecule has 0 aliphatic heterocycles. The van der Waals surface area contributed by atoms with Crippen LogP contribution in [0.4, 0.5) is 46.5 Å². The summed E-state index contributed by atoms with van der Waals surface area (Å²) >= 11 is 0. The summed E-state index contributed by atoms with van der Waals surface area (Å²) in [7, 11) is 0. The van der Waals surface area contributed by atoms with Crippen LogP contribution in [0.1, 0.15) is 47.2 Å². The summed E-state index contributed by atoms with van der Waals surface area (Å²) in [5, 5.41) is 0. The molecule has 0 fully saturated rings. The number of alkyl halides is 2. The second-order valence-corrected chi connectivity index (χ2v) is 12.9. The van der Waals surface area contributed by atoms with E-state index in [9.17, 15) is 17.6 Å². The van der Waals surface area contributed by atoms with Crippen LogP contribution >= 0.6 is 0 Å². The Morgan fingerprint density at radius 2 is 1.24 bits per heavy atom. The summed E-state index contributed by atoms with van der Waals surface area (Å²) in [6.45, 7) is 7.20. The van der Waals surface area contributed by atoms with Crippen molar-refractivity contribution in [2.75, 3.05) is 4.90 Å². The molecule has 4 aromatic rings. The molecule has 0 bridgehead atoms. The van der Waals surface area contributed by atoms with Crippen molar-refractivity contribution < 1.29 is 35.1 Å². The zero-order valence-electron chi connectivity index (χ0n) is 27.4. The predicted octanol–water partition coefficient (Wildman–Crippen LogP) is 12.9. The molecule has 4 aromatic carbocycles. The minimum atomic E-state index is -2.59. The van der Waals surface area contributed by atoms with Gasteiger partial charge in [-0.3, -0.25) is 0 Å². The number of aryl methyl sites for hydroxylation is 2. The molecule has 6 rings (SSSR count). The highest BCUT2D eigenvalue weighted by atomic mass is 19.2. The maximum Gasteiger partial charge on any atom is 0.182 e. The summed E-state index contributed by atoms with van der Waals surface area (Å²) in [5.41, 5.74) is 1.34. The fourth-order valence-electron chi connectivity index (χ4n) is 6.65. The van der Waals surface area contributed by atoms with Crippen molar-refractivity contribution in [3.8, 4) is 11.1 Å². The van der Waals surface area contributed by atoms with E-state index in [1.165, 1.54) is 29.2 Å². The Kier molecular flexibility index (Phi) is 9.20. The summed E-state index contributed by atoms with van der Waals surface area (Å²) in [6, 6.07) is 22.2. The Morgan fingerprint density at radius 3 is 1.78 bits per heavy atom. The lowest BCUT2D eigenvalue weighted by molar-refractivity contribution is 0.229. The van der Waals surface area contributed by atoms with E-state index in [1.807, 2.05) is 13.8 Å². The molecule has 0 spiro atoms. The number of halogens is 8. The lowest BCUT2D eigenvalue weighted by Gasteiger charge is -2.34. The summed E-state index contributed by atoms with van der Waals surface area (Å²) in [4.78, 5) is 1.18. The van der Waals surface area contributed by atoms with E-state index in [4.69, 9.17) is 0 Å². The summed E-state index contributed by atoms with van der Waals surface area (Å²) < 4.78 is 120. The highest BCUT2D eigenvalue weighted by Gasteiger charge is 2.44. The van der Waals surface area contributed by atoms with Crippen LogP contribution in [0.2, 0.25) is 0 Å². The standard InChI is InChI=1S/C41H31F8N/c1-22-5-11-26(12-6-22)50(27-13-7-23(2)8-14-27)40-38(48)36(46)34(37(47)39(40)49)25-10-16-29-28-15-9-24(19-31(28)41(3,4)32(29)20-25)30(21-43)35(45)33(44)17-18-42/h5-21,36,38H,1-4H3/b18-17+,30-21+,35-33-. The average molecular weight is 690 g/mol. The fourth-order valence-corrected chi connectivity index (χ4v) is 6.65. The topological polar surface area (TPSA) is 3.24 Å². The monoisotopic (exact) mass is 689 g/mol. The van der Waals surface area contributed by atoms with Gasteiger partial charge in [0.05, 0.1) is 18.4 Å². The van der Waals surface area contributed by atoms with E-state index in [0.717, 1.165) is 11.1 Å². The summed E-state index contributed by atoms with van der Waals surface area (Å²) in [5.74, 6) is -6.29. The van der Waals surface area contributed by atoms with E-state index in [-0.39, 0.29) is 29.9 Å². The predicted molar refractivity (Wildman–Crippen MR) is 183 cm³/mol. The Bertz CT molecular complexity index is 2090. The smallest absolute Gasteiger partial charge is 0.182 e. The molecular weight excluding hydrogens is 658 g/mol. The van der Waals surface area contributed by atoms with Crippen LogP contribution in [-0.2, 0) is 5.41 Å². The number of allylic oxidation sites excluding steroid dienone is 8. The Hall–Kier alpha value is -5.18. The number of rotatable bonds is 7. The zero-order valence-corrected chi connectivity index (χ0v) is 27.4. The van der Waals surface area contributed by atoms with Gasteiger partial charge in [-0.2, -0.15) is 0 Å². The first-order valence-corrected chi connectivity index (χ1v) is 15.7. The van der Waals surface area contributed by atoms with E-state index < -0.39 is 57.9 Å². The van der Waals surface area contributed by atoms with Crippen LogP contribution in [0.3, 0.4) is 0 Å². The highest BCUT2D eigenvalue weighted by molar-refractivity contribution is 5.88. The van der Waals surface area contributed by atoms with Crippen molar-refractivity contribution in [2.45, 2.75) is 45.5 Å². The molecule has 1 nitrogen and oxygen atoms in total. The third-order valence-corrected chi connectivity index (χ3v) is 9.34. The molecule has 0 heterocycles. The number of fused-ring (bicyclic) bond motifs is 3. The van der Waals surface area contributed by atoms with Crippen molar-refractivity contribution in [1.82, 2.24) is 0 Å². The van der Waals surface area contributed by atoms with Crippen molar-refractivity contribution in [3.63, 3.8) is 0 Å². The van der Waals surface area contributed by atoms with Crippen molar-refractivity contribution >= 4 is 22.5 Å². The normalized spacial score (nSPS) is 19.2. The molecule has 50 heavy (non-hydrogen) atoms. The van der Waals surface area contributed by atoms with Gasteiger partial charge in [-0.05, 0) is 83.6 Å². The van der Waals surface area contributed by atoms with E-state index in [2.05, 4.69) is 0 Å². The molecule has 0 saturated heterocycles. The molecular formula is C41H31F8N. The lowest BCUT2D eigenvalue weighted by atomic mass is 9.80. The number of nitrogens with zero attached hydrogens (tertiary/aromatic N) is 1. The maximum absolute atomic E-state index is 16.3. The lowest BCUT2D eigenvalue weighted by Crippen LogP contribution is -2.35. The van der Waals surface area contributed by atoms with Crippen LogP contribution in [0.15, 0.2) is 133 Å². The number of hydrogen-bond donors (Lipinski definition) is 0. The largest absolute Gasteiger partial charge is 0.308 e. The van der Waals surface area contributed by atoms with E-state index in [0.29, 0.717) is 33.6 Å². The van der Waals surface area contributed by atoms with Gasteiger partial charge in [0, 0.05) is 34.0 Å². The average Bonchev–Trinajstić information content (AvgIpc) is 3.32. The van der Waals surface area contributed by atoms with Crippen molar-refractivity contribution in [1.29, 1.82) is 0 Å². The highest BCUT2D eigenvalue weighted by Crippen LogP contribution is 2.52. The molecule has 2 unspecified atom stereocenters. The Labute approximate surface area is 284 Å². The van der Waals surface area contributed by atoms with Gasteiger partial charge in [0.1, 0.15) is 0 Å². The third kappa shape index (κ3) is 5.78. The van der Waals surface area contributed by atoms with Crippen molar-refractivity contribution in [3.05, 3.63) is 166 Å². The molecule has 0 aromatic heterocycles. The first kappa shape index (κ1) is 34.7. The Morgan fingerprint density at radius 1 is 0.700 bits per heavy atom. The van der Waals surface area contributed by atoms with E-state index in [1.54, 1.807) is 74.5 Å². The van der Waals surface area contributed by atoms with Crippen LogP contribution in [0.25, 0.3) is 22.3 Å². The zero-order chi connectivity index (χ0) is 36.1. The van der Waals surface area contributed by atoms with Gasteiger partial charge in [0.25, 0.3) is 0 Å². The van der Waals surface area contributed by atoms with Gasteiger partial charge < -0.3 is 4.90 Å². The van der Waals surface area contributed by atoms with Crippen LogP contribution in [0.5, 0.6) is 0 Å². The van der Waals surface area contributed by atoms with Crippen LogP contribution in [-0.4, -0.2) is 12.3 Å². The quantitative estimate of drug-likeness (QED) is 0.138. The maximum atomic E-state index is 16.3. The van der Waals surface area contributed by atoms with Crippen molar-refractivity contribution in [2.24, 2.45) is 0 Å². The molecule has 0 radical (unpaired) electrons. The molecule has 0 N–H and O–H groups in total. The van der Waals surface area contributed by atoms with Gasteiger partial charge >= 0.3 is 0 Å². The van der Waals surface area contributed by atoms with Crippen LogP contribution in [0, 0.1) is 13.8 Å². The first-order chi connectivity index (χ1) is 23.8. The number of benzene rings is 4. The second-order valence-electron chi connectivity index (χ2n) is 12.9. The van der Waals surface area contributed by atoms with Gasteiger partial charge in [-0.25, -0.2) is 35.1 Å². The minimum Gasteiger partial charge on any atom is -0.308 e. The number of hydrogen-bond acceptors (Lipinski definition) is 1. The second kappa shape index (κ2) is 13.3. The molecule has 0 saturated carbocycles. The third-order valence-electron chi connectivity index (χ3n) is 9.34. The minimum absolute atomic E-state index is 0.0381. The molecule has 0 amide bonds. The SMILES string of the molecule is Cc1ccc(N(C2=C(F)C(F)=C(c3ccc4c(c3)C(C)(C)c3cc(C(=C\F)/C(F)=C(F)\C=C\F)ccc3-4)C(F)C2F)c2ccc(C)cc2)cc1. The van der Waals surface area contributed by atoms with Gasteiger partial charge in [-0.15, -0.1) is 0 Å². The van der Waals surface area contributed by atoms with Gasteiger partial charge in [0.2, 0.25) is 0 Å². The molecule has 2 atom stereocenters. The van der Waals surface area contributed by atoms with E-state index >= 15 is 17.6 Å². The Balaban J connectivity index is 1.45. The molecule has 2 aliphatic rings. The molecule has 9 heteroatoms. The number of anilines is 2.